The summed E-state index contributed by atoms with van der Waals surface area (Å²) in [6, 6.07) is 6.90. The second-order valence-corrected chi connectivity index (χ2v) is 8.00. The van der Waals surface area contributed by atoms with Gasteiger partial charge in [0.25, 0.3) is 11.8 Å². The molecule has 0 atom stereocenters. The van der Waals surface area contributed by atoms with Crippen LogP contribution in [0.2, 0.25) is 0 Å². The van der Waals surface area contributed by atoms with Crippen LogP contribution in [0.4, 0.5) is 0 Å². The molecule has 2 N–H and O–H groups in total. The van der Waals surface area contributed by atoms with Crippen molar-refractivity contribution in [2.45, 2.75) is 52.0 Å². The third kappa shape index (κ3) is 3.93. The Labute approximate surface area is 164 Å². The summed E-state index contributed by atoms with van der Waals surface area (Å²) in [7, 11) is 0. The van der Waals surface area contributed by atoms with Crippen LogP contribution in [0, 0.1) is 5.41 Å². The minimum absolute atomic E-state index is 0.161. The number of carbonyl (C=O) groups is 4. The van der Waals surface area contributed by atoms with E-state index >= 15 is 0 Å². The van der Waals surface area contributed by atoms with Crippen LogP contribution < -0.4 is 10.6 Å². The first-order chi connectivity index (χ1) is 13.3. The van der Waals surface area contributed by atoms with Gasteiger partial charge in [-0.25, -0.2) is 0 Å². The predicted octanol–water partition coefficient (Wildman–Crippen LogP) is 1.87. The van der Waals surface area contributed by atoms with Gasteiger partial charge in [0.1, 0.15) is 5.41 Å². The Morgan fingerprint density at radius 1 is 1.04 bits per heavy atom. The Hall–Kier alpha value is -2.70. The summed E-state index contributed by atoms with van der Waals surface area (Å²) >= 11 is 0. The third-order valence-corrected chi connectivity index (χ3v) is 5.55. The van der Waals surface area contributed by atoms with Crippen molar-refractivity contribution in [3.8, 4) is 0 Å². The van der Waals surface area contributed by atoms with Gasteiger partial charge in [-0.15, -0.1) is 0 Å². The van der Waals surface area contributed by atoms with Gasteiger partial charge >= 0.3 is 0 Å². The van der Waals surface area contributed by atoms with Crippen LogP contribution in [0.5, 0.6) is 0 Å². The van der Waals surface area contributed by atoms with Crippen molar-refractivity contribution in [3.63, 3.8) is 0 Å². The highest BCUT2D eigenvalue weighted by atomic mass is 16.2. The number of carbonyl (C=O) groups excluding carboxylic acids is 4. The van der Waals surface area contributed by atoms with Gasteiger partial charge < -0.3 is 10.6 Å². The Bertz CT molecular complexity index is 762. The maximum absolute atomic E-state index is 12.5. The molecule has 0 saturated heterocycles. The summed E-state index contributed by atoms with van der Waals surface area (Å²) in [5.41, 5.74) is -0.333. The highest BCUT2D eigenvalue weighted by Gasteiger charge is 2.37. The van der Waals surface area contributed by atoms with Crippen LogP contribution in [0.1, 0.15) is 66.7 Å². The lowest BCUT2D eigenvalue weighted by Gasteiger charge is -2.25. The molecular weight excluding hydrogens is 358 g/mol. The number of fused-ring (bicyclic) bond motifs is 1. The molecule has 0 bridgehead atoms. The van der Waals surface area contributed by atoms with Gasteiger partial charge in [-0.3, -0.25) is 24.1 Å². The van der Waals surface area contributed by atoms with E-state index in [2.05, 4.69) is 10.6 Å². The number of nitrogens with zero attached hydrogens (tertiary/aromatic N) is 1. The highest BCUT2D eigenvalue weighted by Crippen LogP contribution is 2.23. The molecule has 1 fully saturated rings. The first kappa shape index (κ1) is 20.0. The van der Waals surface area contributed by atoms with Crippen LogP contribution in [0.25, 0.3) is 0 Å². The van der Waals surface area contributed by atoms with Crippen LogP contribution in [-0.4, -0.2) is 47.7 Å². The number of imide groups is 1. The van der Waals surface area contributed by atoms with Gasteiger partial charge in [-0.05, 0) is 45.2 Å². The highest BCUT2D eigenvalue weighted by molar-refractivity contribution is 6.21. The maximum Gasteiger partial charge on any atom is 0.261 e. The molecule has 4 amide bonds. The average Bonchev–Trinajstić information content (AvgIpc) is 3.27. The molecule has 0 unspecified atom stereocenters. The quantitative estimate of drug-likeness (QED) is 0.426. The molecule has 0 spiro atoms. The minimum Gasteiger partial charge on any atom is -0.355 e. The van der Waals surface area contributed by atoms with Gasteiger partial charge in [0.15, 0.2) is 0 Å². The van der Waals surface area contributed by atoms with E-state index in [1.807, 2.05) is 0 Å². The smallest absolute Gasteiger partial charge is 0.261 e. The summed E-state index contributed by atoms with van der Waals surface area (Å²) in [6.07, 6.45) is 4.57. The Balaban J connectivity index is 1.46. The first-order valence-electron chi connectivity index (χ1n) is 9.87. The monoisotopic (exact) mass is 385 g/mol. The zero-order valence-electron chi connectivity index (χ0n) is 16.4. The van der Waals surface area contributed by atoms with Crippen molar-refractivity contribution in [2.75, 3.05) is 13.1 Å². The van der Waals surface area contributed by atoms with Crippen molar-refractivity contribution >= 4 is 23.6 Å². The van der Waals surface area contributed by atoms with Gasteiger partial charge in [0.2, 0.25) is 11.8 Å². The van der Waals surface area contributed by atoms with Crippen molar-refractivity contribution in [3.05, 3.63) is 35.4 Å². The molecule has 2 aliphatic rings. The zero-order chi connectivity index (χ0) is 20.3. The standard InChI is InChI=1S/C21H27N3O4/c1-21(2,20(28)23-14-8-3-4-9-14)19(27)22-12-7-13-24-17(25)15-10-5-6-11-16(15)18(24)26/h5-6,10-11,14H,3-4,7-9,12-13H2,1-2H3,(H,22,27)(H,23,28). The topological polar surface area (TPSA) is 95.6 Å². The van der Waals surface area contributed by atoms with Crippen LogP contribution >= 0.6 is 0 Å². The molecule has 1 aliphatic carbocycles. The number of nitrogens with one attached hydrogen (secondary N) is 2. The van der Waals surface area contributed by atoms with Crippen LogP contribution in [0.15, 0.2) is 24.3 Å². The Kier molecular flexibility index (Phi) is 5.82. The number of amides is 4. The Morgan fingerprint density at radius 2 is 1.61 bits per heavy atom. The zero-order valence-corrected chi connectivity index (χ0v) is 16.4. The molecule has 0 radical (unpaired) electrons. The number of hydrogen-bond acceptors (Lipinski definition) is 4. The van der Waals surface area contributed by atoms with E-state index in [1.54, 1.807) is 38.1 Å². The molecule has 28 heavy (non-hydrogen) atoms. The fourth-order valence-corrected chi connectivity index (χ4v) is 3.64. The lowest BCUT2D eigenvalue weighted by molar-refractivity contribution is -0.141. The summed E-state index contributed by atoms with van der Waals surface area (Å²) in [5.74, 6) is -1.23. The van der Waals surface area contributed by atoms with Gasteiger partial charge in [-0.2, -0.15) is 0 Å². The van der Waals surface area contributed by atoms with Crippen LogP contribution in [-0.2, 0) is 9.59 Å². The van der Waals surface area contributed by atoms with Crippen molar-refractivity contribution in [2.24, 2.45) is 5.41 Å². The Morgan fingerprint density at radius 3 is 2.18 bits per heavy atom. The SMILES string of the molecule is CC(C)(C(=O)NCCCN1C(=O)c2ccccc2C1=O)C(=O)NC1CCCC1. The normalized spacial score (nSPS) is 17.0. The lowest BCUT2D eigenvalue weighted by Crippen LogP contribution is -2.50. The molecule has 7 nitrogen and oxygen atoms in total. The number of hydrogen-bond donors (Lipinski definition) is 2. The van der Waals surface area contributed by atoms with Crippen LogP contribution in [0.3, 0.4) is 0 Å². The molecule has 1 aliphatic heterocycles. The largest absolute Gasteiger partial charge is 0.355 e. The molecule has 0 aromatic heterocycles. The average molecular weight is 385 g/mol. The molecule has 7 heteroatoms. The fourth-order valence-electron chi connectivity index (χ4n) is 3.64. The first-order valence-corrected chi connectivity index (χ1v) is 9.87. The minimum atomic E-state index is -1.17. The van der Waals surface area contributed by atoms with E-state index < -0.39 is 5.41 Å². The maximum atomic E-state index is 12.5. The number of rotatable bonds is 7. The predicted molar refractivity (Wildman–Crippen MR) is 104 cm³/mol. The van der Waals surface area contributed by atoms with E-state index in [1.165, 1.54) is 4.90 Å². The summed E-state index contributed by atoms with van der Waals surface area (Å²) in [4.78, 5) is 50.7. The second kappa shape index (κ2) is 8.12. The summed E-state index contributed by atoms with van der Waals surface area (Å²) in [6.45, 7) is 3.72. The van der Waals surface area contributed by atoms with E-state index in [4.69, 9.17) is 0 Å². The van der Waals surface area contributed by atoms with Gasteiger partial charge in [-0.1, -0.05) is 25.0 Å². The fraction of sp³-hybridized carbons (Fsp3) is 0.524. The molecule has 1 heterocycles. The molecule has 1 saturated carbocycles. The van der Waals surface area contributed by atoms with E-state index in [0.717, 1.165) is 25.7 Å². The summed E-state index contributed by atoms with van der Waals surface area (Å²) < 4.78 is 0. The molecule has 150 valence electrons. The second-order valence-electron chi connectivity index (χ2n) is 8.00. The number of benzene rings is 1. The summed E-state index contributed by atoms with van der Waals surface area (Å²) in [5, 5.41) is 5.71. The van der Waals surface area contributed by atoms with Gasteiger partial charge in [0, 0.05) is 19.1 Å². The van der Waals surface area contributed by atoms with E-state index in [0.29, 0.717) is 17.5 Å². The molecular formula is C21H27N3O4. The van der Waals surface area contributed by atoms with Crippen molar-refractivity contribution < 1.29 is 19.2 Å². The molecule has 1 aromatic rings. The van der Waals surface area contributed by atoms with Crippen molar-refractivity contribution in [1.29, 1.82) is 0 Å². The van der Waals surface area contributed by atoms with E-state index in [-0.39, 0.29) is 42.8 Å². The third-order valence-electron chi connectivity index (χ3n) is 5.55. The van der Waals surface area contributed by atoms with E-state index in [9.17, 15) is 19.2 Å². The molecule has 3 rings (SSSR count). The van der Waals surface area contributed by atoms with Crippen molar-refractivity contribution in [1.82, 2.24) is 15.5 Å². The van der Waals surface area contributed by atoms with Gasteiger partial charge in [0.05, 0.1) is 11.1 Å². The lowest BCUT2D eigenvalue weighted by atomic mass is 9.90. The molecule has 1 aromatic carbocycles.